The normalized spacial score (nSPS) is 14.0. The molecule has 190 valence electrons. The molecule has 0 fully saturated rings. The second-order valence-electron chi connectivity index (χ2n) is 11.4. The first-order valence-corrected chi connectivity index (χ1v) is 12.2. The van der Waals surface area contributed by atoms with E-state index in [0.29, 0.717) is 18.6 Å². The van der Waals surface area contributed by atoms with E-state index in [1.54, 1.807) is 4.90 Å². The number of ether oxygens (including phenoxy) is 3. The molecule has 0 saturated carbocycles. The summed E-state index contributed by atoms with van der Waals surface area (Å²) in [6.45, 7) is 15.9. The molecular formula is C29H39NO5. The van der Waals surface area contributed by atoms with Crippen LogP contribution in [0.15, 0.2) is 30.3 Å². The van der Waals surface area contributed by atoms with Crippen LogP contribution in [-0.4, -0.2) is 36.7 Å². The van der Waals surface area contributed by atoms with Crippen LogP contribution < -0.4 is 14.2 Å². The number of nitrogens with zero attached hydrogens (tertiary/aromatic N) is 1. The molecule has 6 heteroatoms. The minimum absolute atomic E-state index is 0.00373. The number of esters is 1. The van der Waals surface area contributed by atoms with Gasteiger partial charge >= 0.3 is 5.97 Å². The molecule has 1 atom stereocenters. The van der Waals surface area contributed by atoms with Gasteiger partial charge < -0.3 is 19.1 Å². The molecule has 0 spiro atoms. The van der Waals surface area contributed by atoms with Gasteiger partial charge in [-0.3, -0.25) is 9.59 Å². The Balaban J connectivity index is 1.77. The summed E-state index contributed by atoms with van der Waals surface area (Å²) < 4.78 is 16.8. The van der Waals surface area contributed by atoms with Crippen LogP contribution in [0.3, 0.4) is 0 Å². The van der Waals surface area contributed by atoms with Crippen molar-refractivity contribution in [3.05, 3.63) is 52.6 Å². The summed E-state index contributed by atoms with van der Waals surface area (Å²) in [6, 6.07) is 9.86. The lowest BCUT2D eigenvalue weighted by Gasteiger charge is -2.33. The largest absolute Gasteiger partial charge is 0.454 e. The Kier molecular flexibility index (Phi) is 7.53. The van der Waals surface area contributed by atoms with Gasteiger partial charge in [0, 0.05) is 30.5 Å². The van der Waals surface area contributed by atoms with E-state index >= 15 is 0 Å². The third kappa shape index (κ3) is 6.16. The Bertz CT molecular complexity index is 1110. The van der Waals surface area contributed by atoms with Crippen molar-refractivity contribution in [2.45, 2.75) is 79.7 Å². The fraction of sp³-hybridized carbons (Fsp3) is 0.517. The van der Waals surface area contributed by atoms with Crippen molar-refractivity contribution in [2.24, 2.45) is 5.41 Å². The first kappa shape index (κ1) is 26.6. The van der Waals surface area contributed by atoms with Gasteiger partial charge in [0.15, 0.2) is 11.5 Å². The first-order valence-electron chi connectivity index (χ1n) is 12.2. The van der Waals surface area contributed by atoms with Crippen molar-refractivity contribution in [1.82, 2.24) is 4.90 Å². The van der Waals surface area contributed by atoms with Crippen molar-refractivity contribution in [3.8, 4) is 17.2 Å². The average molecular weight is 482 g/mol. The number of carbonyl (C=O) groups excluding carboxylic acids is 2. The van der Waals surface area contributed by atoms with Crippen molar-refractivity contribution in [3.63, 3.8) is 0 Å². The highest BCUT2D eigenvalue weighted by Crippen LogP contribution is 2.39. The number of hydrogen-bond donors (Lipinski definition) is 0. The van der Waals surface area contributed by atoms with Gasteiger partial charge in [0.05, 0.1) is 5.41 Å². The zero-order chi connectivity index (χ0) is 26.1. The predicted octanol–water partition coefficient (Wildman–Crippen LogP) is 5.74. The monoisotopic (exact) mass is 481 g/mol. The lowest BCUT2D eigenvalue weighted by atomic mass is 9.77. The minimum atomic E-state index is -0.626. The number of amides is 1. The number of rotatable bonds is 7. The summed E-state index contributed by atoms with van der Waals surface area (Å²) in [5, 5.41) is 0. The summed E-state index contributed by atoms with van der Waals surface area (Å²) in [5.74, 6) is 1.79. The fourth-order valence-corrected chi connectivity index (χ4v) is 4.51. The molecule has 1 amide bonds. The summed E-state index contributed by atoms with van der Waals surface area (Å²) in [4.78, 5) is 27.9. The zero-order valence-electron chi connectivity index (χ0n) is 22.6. The highest BCUT2D eigenvalue weighted by molar-refractivity contribution is 5.80. The molecule has 0 saturated heterocycles. The van der Waals surface area contributed by atoms with Gasteiger partial charge in [0.1, 0.15) is 5.75 Å². The fourth-order valence-electron chi connectivity index (χ4n) is 4.51. The molecule has 1 aliphatic heterocycles. The molecule has 1 heterocycles. The molecule has 6 nitrogen and oxygen atoms in total. The van der Waals surface area contributed by atoms with Crippen LogP contribution in [0, 0.1) is 19.3 Å². The topological polar surface area (TPSA) is 65.1 Å². The van der Waals surface area contributed by atoms with Crippen molar-refractivity contribution < 1.29 is 23.8 Å². The number of likely N-dealkylation sites (N-methyl/N-ethyl adjacent to an activating group) is 1. The van der Waals surface area contributed by atoms with Gasteiger partial charge in [-0.05, 0) is 82.9 Å². The summed E-state index contributed by atoms with van der Waals surface area (Å²) >= 11 is 0. The minimum Gasteiger partial charge on any atom is -0.454 e. The highest BCUT2D eigenvalue weighted by Gasteiger charge is 2.33. The van der Waals surface area contributed by atoms with Crippen LogP contribution in [0.5, 0.6) is 17.2 Å². The molecule has 0 radical (unpaired) electrons. The molecule has 0 aliphatic carbocycles. The van der Waals surface area contributed by atoms with E-state index in [9.17, 15) is 9.59 Å². The first-order chi connectivity index (χ1) is 16.2. The van der Waals surface area contributed by atoms with Gasteiger partial charge in [-0.25, -0.2) is 0 Å². The third-order valence-corrected chi connectivity index (χ3v) is 6.55. The average Bonchev–Trinajstić information content (AvgIpc) is 3.19. The summed E-state index contributed by atoms with van der Waals surface area (Å²) in [6.07, 6.45) is 0.996. The van der Waals surface area contributed by atoms with Crippen molar-refractivity contribution >= 4 is 11.9 Å². The number of carbonyl (C=O) groups is 2. The lowest BCUT2D eigenvalue weighted by molar-refractivity contribution is -0.143. The second-order valence-corrected chi connectivity index (χ2v) is 11.4. The number of fused-ring (bicyclic) bond motifs is 1. The number of hydrogen-bond acceptors (Lipinski definition) is 5. The zero-order valence-corrected chi connectivity index (χ0v) is 22.6. The van der Waals surface area contributed by atoms with E-state index < -0.39 is 10.8 Å². The molecule has 2 aromatic carbocycles. The van der Waals surface area contributed by atoms with Crippen LogP contribution in [-0.2, 0) is 21.4 Å². The van der Waals surface area contributed by atoms with E-state index in [-0.39, 0.29) is 24.7 Å². The molecule has 0 N–H and O–H groups in total. The standard InChI is InChI=1S/C29H39NO5/c1-18-12-19(2)26(24(13-18)35-27(32)28(4,5)6)29(7,8)16-25(31)30(9)20(3)14-21-10-11-22-23(15-21)34-17-33-22/h10-13,15,20H,14,16-17H2,1-9H3. The summed E-state index contributed by atoms with van der Waals surface area (Å²) in [5.41, 5.74) is 2.85. The summed E-state index contributed by atoms with van der Waals surface area (Å²) in [7, 11) is 1.85. The maximum absolute atomic E-state index is 13.4. The van der Waals surface area contributed by atoms with Gasteiger partial charge in [0.25, 0.3) is 0 Å². The van der Waals surface area contributed by atoms with Gasteiger partial charge in [-0.1, -0.05) is 26.0 Å². The number of aryl methyl sites for hydroxylation is 2. The van der Waals surface area contributed by atoms with Gasteiger partial charge in [0.2, 0.25) is 12.7 Å². The Hall–Kier alpha value is -3.02. The maximum atomic E-state index is 13.4. The quantitative estimate of drug-likeness (QED) is 0.373. The van der Waals surface area contributed by atoms with E-state index in [0.717, 1.165) is 33.8 Å². The van der Waals surface area contributed by atoms with Gasteiger partial charge in [-0.15, -0.1) is 0 Å². The van der Waals surface area contributed by atoms with Crippen molar-refractivity contribution in [1.29, 1.82) is 0 Å². The van der Waals surface area contributed by atoms with Gasteiger partial charge in [-0.2, -0.15) is 0 Å². The second kappa shape index (κ2) is 9.92. The van der Waals surface area contributed by atoms with Crippen LogP contribution in [0.1, 0.15) is 70.2 Å². The molecule has 1 aliphatic rings. The predicted molar refractivity (Wildman–Crippen MR) is 137 cm³/mol. The van der Waals surface area contributed by atoms with Crippen molar-refractivity contribution in [2.75, 3.05) is 13.8 Å². The molecule has 2 aromatic rings. The van der Waals surface area contributed by atoms with Crippen LogP contribution >= 0.6 is 0 Å². The van der Waals surface area contributed by atoms with Crippen LogP contribution in [0.25, 0.3) is 0 Å². The lowest BCUT2D eigenvalue weighted by Crippen LogP contribution is -2.39. The van der Waals surface area contributed by atoms with E-state index in [1.165, 1.54) is 0 Å². The maximum Gasteiger partial charge on any atom is 0.316 e. The van der Waals surface area contributed by atoms with Crippen LogP contribution in [0.2, 0.25) is 0 Å². The van der Waals surface area contributed by atoms with E-state index in [4.69, 9.17) is 14.2 Å². The smallest absolute Gasteiger partial charge is 0.316 e. The SMILES string of the molecule is Cc1cc(C)c(C(C)(C)CC(=O)N(C)C(C)Cc2ccc3c(c2)OCO3)c(OC(=O)C(C)(C)C)c1. The Morgan fingerprint density at radius 2 is 1.69 bits per heavy atom. The third-order valence-electron chi connectivity index (χ3n) is 6.55. The molecule has 1 unspecified atom stereocenters. The molecule has 0 aromatic heterocycles. The molecular weight excluding hydrogens is 442 g/mol. The van der Waals surface area contributed by atoms with E-state index in [1.807, 2.05) is 86.7 Å². The molecule has 3 rings (SSSR count). The number of benzene rings is 2. The van der Waals surface area contributed by atoms with E-state index in [2.05, 4.69) is 6.07 Å². The molecule has 0 bridgehead atoms. The Labute approximate surface area is 209 Å². The van der Waals surface area contributed by atoms with Crippen LogP contribution in [0.4, 0.5) is 0 Å². The Morgan fingerprint density at radius 1 is 1.03 bits per heavy atom. The Morgan fingerprint density at radius 3 is 2.34 bits per heavy atom. The highest BCUT2D eigenvalue weighted by atomic mass is 16.7. The molecule has 35 heavy (non-hydrogen) atoms.